The summed E-state index contributed by atoms with van der Waals surface area (Å²) in [6.07, 6.45) is 1.65. The van der Waals surface area contributed by atoms with Gasteiger partial charge in [0.1, 0.15) is 6.61 Å². The van der Waals surface area contributed by atoms with Gasteiger partial charge in [-0.25, -0.2) is 5.43 Å². The van der Waals surface area contributed by atoms with Crippen LogP contribution in [-0.4, -0.2) is 36.0 Å². The summed E-state index contributed by atoms with van der Waals surface area (Å²) < 4.78 is 5.30. The normalized spacial score (nSPS) is 26.0. The molecule has 0 aromatic carbocycles. The van der Waals surface area contributed by atoms with Gasteiger partial charge in [0.05, 0.1) is 12.7 Å². The third-order valence-electron chi connectivity index (χ3n) is 1.80. The van der Waals surface area contributed by atoms with Gasteiger partial charge in [0, 0.05) is 18.6 Å². The Morgan fingerprint density at radius 3 is 3.23 bits per heavy atom. The molecule has 0 bridgehead atoms. The molecule has 1 atom stereocenters. The van der Waals surface area contributed by atoms with Gasteiger partial charge in [0.15, 0.2) is 0 Å². The summed E-state index contributed by atoms with van der Waals surface area (Å²) in [5, 5.41) is 12.3. The minimum absolute atomic E-state index is 0.165. The van der Waals surface area contributed by atoms with Crippen molar-refractivity contribution in [1.82, 2.24) is 5.43 Å². The van der Waals surface area contributed by atoms with Crippen molar-refractivity contribution in [2.45, 2.75) is 25.9 Å². The summed E-state index contributed by atoms with van der Waals surface area (Å²) >= 11 is 0. The van der Waals surface area contributed by atoms with E-state index in [0.29, 0.717) is 6.61 Å². The van der Waals surface area contributed by atoms with Crippen LogP contribution in [0.15, 0.2) is 5.10 Å². The van der Waals surface area contributed by atoms with Crippen molar-refractivity contribution in [1.29, 1.82) is 0 Å². The molecule has 5 heteroatoms. The highest BCUT2D eigenvalue weighted by Gasteiger charge is 2.14. The lowest BCUT2D eigenvalue weighted by molar-refractivity contribution is -0.123. The minimum atomic E-state index is -0.525. The number of ether oxygens (including phenoxy) is 1. The molecule has 2 N–H and O–H groups in total. The van der Waals surface area contributed by atoms with E-state index in [4.69, 9.17) is 9.84 Å². The zero-order valence-electron chi connectivity index (χ0n) is 7.62. The largest absolute Gasteiger partial charge is 0.386 e. The van der Waals surface area contributed by atoms with E-state index < -0.39 is 12.5 Å². The summed E-state index contributed by atoms with van der Waals surface area (Å²) in [5.41, 5.74) is 3.18. The Labute approximate surface area is 76.8 Å². The molecule has 0 aromatic heterocycles. The fraction of sp³-hybridized carbons (Fsp3) is 0.750. The standard InChI is InChI=1S/C8H14N2O3/c1-6-4-7(2-3-13-6)9-10-8(12)5-11/h6,11H,2-5H2,1H3,(H,10,12)/b9-7-. The maximum Gasteiger partial charge on any atom is 0.265 e. The molecule has 0 aromatic rings. The smallest absolute Gasteiger partial charge is 0.265 e. The number of hydrogen-bond donors (Lipinski definition) is 2. The lowest BCUT2D eigenvalue weighted by Gasteiger charge is -2.20. The van der Waals surface area contributed by atoms with Gasteiger partial charge >= 0.3 is 0 Å². The quantitative estimate of drug-likeness (QED) is 0.579. The molecule has 74 valence electrons. The number of carbonyl (C=O) groups is 1. The number of aliphatic hydroxyl groups excluding tert-OH is 1. The molecule has 0 aliphatic carbocycles. The molecule has 1 amide bonds. The van der Waals surface area contributed by atoms with Crippen molar-refractivity contribution in [3.63, 3.8) is 0 Å². The Kier molecular flexibility index (Phi) is 3.85. The molecule has 0 spiro atoms. The predicted molar refractivity (Wildman–Crippen MR) is 47.3 cm³/mol. The van der Waals surface area contributed by atoms with Gasteiger partial charge in [-0.3, -0.25) is 4.79 Å². The predicted octanol–water partition coefficient (Wildman–Crippen LogP) is -0.350. The summed E-state index contributed by atoms with van der Waals surface area (Å²) in [4.78, 5) is 10.6. The Morgan fingerprint density at radius 2 is 2.62 bits per heavy atom. The number of hydrazone groups is 1. The van der Waals surface area contributed by atoms with Gasteiger partial charge in [-0.05, 0) is 6.92 Å². The Morgan fingerprint density at radius 1 is 1.85 bits per heavy atom. The summed E-state index contributed by atoms with van der Waals surface area (Å²) in [7, 11) is 0. The van der Waals surface area contributed by atoms with E-state index >= 15 is 0 Å². The topological polar surface area (TPSA) is 70.9 Å². The van der Waals surface area contributed by atoms with Crippen molar-refractivity contribution in [3.8, 4) is 0 Å². The van der Waals surface area contributed by atoms with Gasteiger partial charge < -0.3 is 9.84 Å². The lowest BCUT2D eigenvalue weighted by Crippen LogP contribution is -2.27. The molecule has 1 heterocycles. The Bertz CT molecular complexity index is 215. The average Bonchev–Trinajstić information content (AvgIpc) is 2.14. The highest BCUT2D eigenvalue weighted by molar-refractivity contribution is 5.87. The Balaban J connectivity index is 2.37. The molecular weight excluding hydrogens is 172 g/mol. The van der Waals surface area contributed by atoms with Gasteiger partial charge in [-0.15, -0.1) is 0 Å². The van der Waals surface area contributed by atoms with Crippen LogP contribution in [0, 0.1) is 0 Å². The van der Waals surface area contributed by atoms with Crippen molar-refractivity contribution in [3.05, 3.63) is 0 Å². The van der Waals surface area contributed by atoms with E-state index in [9.17, 15) is 4.79 Å². The molecule has 13 heavy (non-hydrogen) atoms. The van der Waals surface area contributed by atoms with Crippen LogP contribution in [0.2, 0.25) is 0 Å². The molecule has 1 aliphatic rings. The van der Waals surface area contributed by atoms with Gasteiger partial charge in [-0.2, -0.15) is 5.10 Å². The van der Waals surface area contributed by atoms with Gasteiger partial charge in [0.2, 0.25) is 0 Å². The SMILES string of the molecule is CC1C/C(=N\NC(=O)CO)CCO1. The summed E-state index contributed by atoms with van der Waals surface area (Å²) in [6, 6.07) is 0. The van der Waals surface area contributed by atoms with Crippen LogP contribution in [0.25, 0.3) is 0 Å². The van der Waals surface area contributed by atoms with Crippen LogP contribution in [0.5, 0.6) is 0 Å². The third kappa shape index (κ3) is 3.52. The van der Waals surface area contributed by atoms with E-state index in [1.54, 1.807) is 0 Å². The second kappa shape index (κ2) is 4.94. The monoisotopic (exact) mass is 186 g/mol. The van der Waals surface area contributed by atoms with Crippen LogP contribution < -0.4 is 5.43 Å². The number of aliphatic hydroxyl groups is 1. The second-order valence-electron chi connectivity index (χ2n) is 3.01. The van der Waals surface area contributed by atoms with Crippen LogP contribution in [-0.2, 0) is 9.53 Å². The van der Waals surface area contributed by atoms with E-state index in [1.807, 2.05) is 6.92 Å². The highest BCUT2D eigenvalue weighted by atomic mass is 16.5. The van der Waals surface area contributed by atoms with Crippen LogP contribution in [0.4, 0.5) is 0 Å². The first kappa shape index (κ1) is 10.1. The molecule has 0 saturated carbocycles. The van der Waals surface area contributed by atoms with Gasteiger partial charge in [-0.1, -0.05) is 0 Å². The maximum absolute atomic E-state index is 10.6. The second-order valence-corrected chi connectivity index (χ2v) is 3.01. The van der Waals surface area contributed by atoms with Crippen molar-refractivity contribution < 1.29 is 14.6 Å². The van der Waals surface area contributed by atoms with E-state index in [1.165, 1.54) is 0 Å². The fourth-order valence-corrected chi connectivity index (χ4v) is 1.15. The fourth-order valence-electron chi connectivity index (χ4n) is 1.15. The minimum Gasteiger partial charge on any atom is -0.386 e. The molecule has 1 rings (SSSR count). The zero-order valence-corrected chi connectivity index (χ0v) is 7.62. The molecule has 0 radical (unpaired) electrons. The van der Waals surface area contributed by atoms with Crippen molar-refractivity contribution in [2.75, 3.05) is 13.2 Å². The zero-order chi connectivity index (χ0) is 9.68. The number of amides is 1. The average molecular weight is 186 g/mol. The molecule has 1 unspecified atom stereocenters. The summed E-state index contributed by atoms with van der Waals surface area (Å²) in [5.74, 6) is -0.480. The lowest BCUT2D eigenvalue weighted by atomic mass is 10.1. The van der Waals surface area contributed by atoms with Crippen molar-refractivity contribution >= 4 is 11.6 Å². The molecule has 1 fully saturated rings. The molecule has 5 nitrogen and oxygen atoms in total. The maximum atomic E-state index is 10.6. The first-order valence-electron chi connectivity index (χ1n) is 4.29. The third-order valence-corrected chi connectivity index (χ3v) is 1.80. The van der Waals surface area contributed by atoms with Crippen LogP contribution in [0.3, 0.4) is 0 Å². The molecule has 1 aliphatic heterocycles. The first-order chi connectivity index (χ1) is 6.22. The van der Waals surface area contributed by atoms with Gasteiger partial charge in [0.25, 0.3) is 5.91 Å². The van der Waals surface area contributed by atoms with Crippen LogP contribution >= 0.6 is 0 Å². The number of nitrogens with zero attached hydrogens (tertiary/aromatic N) is 1. The number of hydrogen-bond acceptors (Lipinski definition) is 4. The first-order valence-corrected chi connectivity index (χ1v) is 4.29. The Hall–Kier alpha value is -0.940. The molecule has 1 saturated heterocycles. The van der Waals surface area contributed by atoms with E-state index in [-0.39, 0.29) is 6.10 Å². The number of rotatable bonds is 2. The number of carbonyl (C=O) groups excluding carboxylic acids is 1. The van der Waals surface area contributed by atoms with Crippen LogP contribution in [0.1, 0.15) is 19.8 Å². The molecular formula is C8H14N2O3. The number of nitrogens with one attached hydrogen (secondary N) is 1. The summed E-state index contributed by atoms with van der Waals surface area (Å²) in [6.45, 7) is 2.08. The van der Waals surface area contributed by atoms with Crippen molar-refractivity contribution in [2.24, 2.45) is 5.10 Å². The van der Waals surface area contributed by atoms with E-state index in [0.717, 1.165) is 18.6 Å². The highest BCUT2D eigenvalue weighted by Crippen LogP contribution is 2.09. The van der Waals surface area contributed by atoms with E-state index in [2.05, 4.69) is 10.5 Å².